The summed E-state index contributed by atoms with van der Waals surface area (Å²) in [4.78, 5) is 0. The first kappa shape index (κ1) is 28.0. The predicted octanol–water partition coefficient (Wildman–Crippen LogP) is 12.3. The zero-order valence-corrected chi connectivity index (χ0v) is 27.5. The smallest absolute Gasteiger partial charge is 0.0641 e. The molecule has 234 valence electrons. The second-order valence-corrected chi connectivity index (χ2v) is 13.2. The lowest BCUT2D eigenvalue weighted by Gasteiger charge is -2.13. The lowest BCUT2D eigenvalue weighted by Crippen LogP contribution is -1.99. The average molecular weight is 630 g/mol. The fourth-order valence-corrected chi connectivity index (χ4v) is 8.24. The number of unbranched alkanes of at least 4 members (excludes halogenated alkanes) is 1. The Morgan fingerprint density at radius 3 is 1.69 bits per heavy atom. The summed E-state index contributed by atoms with van der Waals surface area (Å²) in [7, 11) is 0. The zero-order valence-electron chi connectivity index (χ0n) is 27.5. The van der Waals surface area contributed by atoms with E-state index in [1.165, 1.54) is 89.5 Å². The minimum Gasteiger partial charge on any atom is -0.309 e. The van der Waals surface area contributed by atoms with E-state index < -0.39 is 0 Å². The first-order valence-electron chi connectivity index (χ1n) is 17.4. The lowest BCUT2D eigenvalue weighted by molar-refractivity contribution is 0.796. The molecule has 0 aliphatic heterocycles. The molecule has 0 amide bonds. The number of benzene rings is 7. The summed E-state index contributed by atoms with van der Waals surface area (Å²) >= 11 is 0. The van der Waals surface area contributed by atoms with Crippen LogP contribution in [0.25, 0.3) is 82.5 Å². The van der Waals surface area contributed by atoms with Crippen molar-refractivity contribution in [1.82, 2.24) is 13.7 Å². The Bertz CT molecular complexity index is 2860. The monoisotopic (exact) mass is 629 g/mol. The Morgan fingerprint density at radius 2 is 0.939 bits per heavy atom. The molecule has 7 aromatic carbocycles. The maximum Gasteiger partial charge on any atom is 0.0641 e. The van der Waals surface area contributed by atoms with E-state index in [0.29, 0.717) is 0 Å². The molecule has 0 unspecified atom stereocenters. The third kappa shape index (κ3) is 4.15. The van der Waals surface area contributed by atoms with Gasteiger partial charge in [0.25, 0.3) is 0 Å². The Labute approximate surface area is 284 Å². The molecule has 3 heterocycles. The summed E-state index contributed by atoms with van der Waals surface area (Å²) < 4.78 is 7.35. The van der Waals surface area contributed by atoms with Crippen molar-refractivity contribution in [3.8, 4) is 17.1 Å². The van der Waals surface area contributed by atoms with Crippen molar-refractivity contribution in [2.75, 3.05) is 0 Å². The van der Waals surface area contributed by atoms with E-state index in [1.54, 1.807) is 0 Å². The molecule has 0 atom stereocenters. The van der Waals surface area contributed by atoms with Gasteiger partial charge in [-0.1, -0.05) is 104 Å². The van der Waals surface area contributed by atoms with Crippen molar-refractivity contribution in [3.63, 3.8) is 0 Å². The first-order valence-corrected chi connectivity index (χ1v) is 17.4. The highest BCUT2D eigenvalue weighted by atomic mass is 15.0. The van der Waals surface area contributed by atoms with Crippen molar-refractivity contribution < 1.29 is 0 Å². The quantitative estimate of drug-likeness (QED) is 0.174. The van der Waals surface area contributed by atoms with Crippen molar-refractivity contribution in [1.29, 1.82) is 0 Å². The Balaban J connectivity index is 1.28. The number of nitrogens with zero attached hydrogens (tertiary/aromatic N) is 3. The minimum atomic E-state index is 1.12. The molecular weight excluding hydrogens is 595 g/mol. The molecule has 0 bridgehead atoms. The molecule has 49 heavy (non-hydrogen) atoms. The molecule has 3 aromatic heterocycles. The van der Waals surface area contributed by atoms with Gasteiger partial charge >= 0.3 is 0 Å². The summed E-state index contributed by atoms with van der Waals surface area (Å²) in [6, 6.07) is 58.1. The molecule has 3 nitrogen and oxygen atoms in total. The van der Waals surface area contributed by atoms with Crippen LogP contribution < -0.4 is 0 Å². The summed E-state index contributed by atoms with van der Waals surface area (Å²) in [6.45, 7) is 2.26. The van der Waals surface area contributed by atoms with E-state index in [2.05, 4.69) is 178 Å². The van der Waals surface area contributed by atoms with Crippen LogP contribution in [0.4, 0.5) is 0 Å². The molecular formula is C46H35N3. The second-order valence-electron chi connectivity index (χ2n) is 13.2. The van der Waals surface area contributed by atoms with Gasteiger partial charge in [0.05, 0.1) is 33.1 Å². The highest BCUT2D eigenvalue weighted by molar-refractivity contribution is 6.26. The molecule has 0 saturated carbocycles. The largest absolute Gasteiger partial charge is 0.309 e. The maximum atomic E-state index is 2.50. The zero-order chi connectivity index (χ0) is 32.5. The number of hydrogen-bond acceptors (Lipinski definition) is 0. The number of aromatic nitrogens is 3. The van der Waals surface area contributed by atoms with Gasteiger partial charge in [-0.15, -0.1) is 0 Å². The SMILES string of the molecule is CCCCc1ccc2c(c1)c1ccccc1n2-c1cccc(-n2c3ccccc3c3ccc4c(c5ccccc5n4-c4ccccc4)c32)c1. The van der Waals surface area contributed by atoms with Gasteiger partial charge < -0.3 is 13.7 Å². The average Bonchev–Trinajstić information content (AvgIpc) is 3.80. The maximum absolute atomic E-state index is 2.50. The van der Waals surface area contributed by atoms with Gasteiger partial charge in [0.1, 0.15) is 0 Å². The standard InChI is InChI=1S/C46H35N3/c1-2-3-14-31-25-27-43-39(29-31)36-20-8-10-22-40(36)48(43)33-17-13-18-34(30-33)49-41-23-11-7-19-35(41)37-26-28-44-45(46(37)49)38-21-9-12-24-42(38)47(44)32-15-5-4-6-16-32/h4-13,15-30H,2-3,14H2,1H3. The number of hydrogen-bond donors (Lipinski definition) is 0. The van der Waals surface area contributed by atoms with Gasteiger partial charge in [0.15, 0.2) is 0 Å². The van der Waals surface area contributed by atoms with E-state index in [1.807, 2.05) is 0 Å². The van der Waals surface area contributed by atoms with Gasteiger partial charge in [0.2, 0.25) is 0 Å². The van der Waals surface area contributed by atoms with Crippen LogP contribution in [-0.2, 0) is 6.42 Å². The lowest BCUT2D eigenvalue weighted by atomic mass is 10.0. The number of para-hydroxylation sites is 4. The molecule has 0 aliphatic carbocycles. The van der Waals surface area contributed by atoms with Gasteiger partial charge in [-0.05, 0) is 85.1 Å². The summed E-state index contributed by atoms with van der Waals surface area (Å²) in [5.41, 5.74) is 12.2. The van der Waals surface area contributed by atoms with Crippen LogP contribution in [0, 0.1) is 0 Å². The highest BCUT2D eigenvalue weighted by Gasteiger charge is 2.21. The first-order chi connectivity index (χ1) is 24.3. The predicted molar refractivity (Wildman–Crippen MR) is 208 cm³/mol. The van der Waals surface area contributed by atoms with Crippen LogP contribution in [0.5, 0.6) is 0 Å². The molecule has 10 aromatic rings. The molecule has 3 heteroatoms. The molecule has 10 rings (SSSR count). The fraction of sp³-hybridized carbons (Fsp3) is 0.0870. The van der Waals surface area contributed by atoms with Gasteiger partial charge in [-0.2, -0.15) is 0 Å². The van der Waals surface area contributed by atoms with Crippen LogP contribution in [0.15, 0.2) is 158 Å². The van der Waals surface area contributed by atoms with Gasteiger partial charge in [-0.25, -0.2) is 0 Å². The topological polar surface area (TPSA) is 14.8 Å². The van der Waals surface area contributed by atoms with Crippen molar-refractivity contribution >= 4 is 65.4 Å². The van der Waals surface area contributed by atoms with Crippen molar-refractivity contribution in [3.05, 3.63) is 163 Å². The van der Waals surface area contributed by atoms with Gasteiger partial charge in [0, 0.05) is 49.4 Å². The third-order valence-corrected chi connectivity index (χ3v) is 10.4. The molecule has 0 aliphatic rings. The normalized spacial score (nSPS) is 12.0. The van der Waals surface area contributed by atoms with E-state index in [-0.39, 0.29) is 0 Å². The molecule has 0 N–H and O–H groups in total. The van der Waals surface area contributed by atoms with Crippen LogP contribution in [0.1, 0.15) is 25.3 Å². The molecule has 0 saturated heterocycles. The van der Waals surface area contributed by atoms with Crippen LogP contribution in [-0.4, -0.2) is 13.7 Å². The van der Waals surface area contributed by atoms with Crippen molar-refractivity contribution in [2.24, 2.45) is 0 Å². The van der Waals surface area contributed by atoms with E-state index in [0.717, 1.165) is 17.8 Å². The van der Waals surface area contributed by atoms with E-state index in [9.17, 15) is 0 Å². The van der Waals surface area contributed by atoms with Crippen LogP contribution in [0.2, 0.25) is 0 Å². The summed E-state index contributed by atoms with van der Waals surface area (Å²) in [5, 5.41) is 7.68. The third-order valence-electron chi connectivity index (χ3n) is 10.4. The molecule has 0 fully saturated rings. The molecule has 0 spiro atoms. The Hall–Kier alpha value is -6.06. The van der Waals surface area contributed by atoms with Crippen molar-refractivity contribution in [2.45, 2.75) is 26.2 Å². The van der Waals surface area contributed by atoms with E-state index in [4.69, 9.17) is 0 Å². The number of aryl methyl sites for hydroxylation is 1. The summed E-state index contributed by atoms with van der Waals surface area (Å²) in [5.74, 6) is 0. The number of fused-ring (bicyclic) bond motifs is 10. The fourth-order valence-electron chi connectivity index (χ4n) is 8.24. The van der Waals surface area contributed by atoms with Gasteiger partial charge in [-0.3, -0.25) is 0 Å². The molecule has 0 radical (unpaired) electrons. The van der Waals surface area contributed by atoms with E-state index >= 15 is 0 Å². The Kier molecular flexibility index (Phi) is 6.29. The summed E-state index contributed by atoms with van der Waals surface area (Å²) in [6.07, 6.45) is 3.53. The minimum absolute atomic E-state index is 1.12. The van der Waals surface area contributed by atoms with Crippen LogP contribution >= 0.6 is 0 Å². The second kappa shape index (κ2) is 11.0. The number of rotatable bonds is 6. The Morgan fingerprint density at radius 1 is 0.388 bits per heavy atom. The highest BCUT2D eigenvalue weighted by Crippen LogP contribution is 2.42. The van der Waals surface area contributed by atoms with Crippen LogP contribution in [0.3, 0.4) is 0 Å².